The van der Waals surface area contributed by atoms with E-state index in [9.17, 15) is 4.79 Å². The molecular formula is C19H24N2OS. The molecule has 2 N–H and O–H groups in total. The molecule has 3 nitrogen and oxygen atoms in total. The predicted molar refractivity (Wildman–Crippen MR) is 95.7 cm³/mol. The standard InChI is InChI=1S/C19H24N2OS/c22-19(21-11-13-6-2-1-3-7-13)16-10-15-14-8-4-5-9-17(14)23-18(15)12-20-16/h4-5,8-9,13,16,20H,1-3,6-7,10-12H2,(H,21,22)/t16-/m1/s1. The van der Waals surface area contributed by atoms with Crippen molar-refractivity contribution in [1.29, 1.82) is 0 Å². The van der Waals surface area contributed by atoms with Crippen LogP contribution in [0.3, 0.4) is 0 Å². The Morgan fingerprint density at radius 1 is 1.22 bits per heavy atom. The van der Waals surface area contributed by atoms with Crippen LogP contribution in [0.25, 0.3) is 10.1 Å². The third-order valence-corrected chi connectivity index (χ3v) is 6.52. The number of benzene rings is 1. The average molecular weight is 328 g/mol. The maximum Gasteiger partial charge on any atom is 0.237 e. The number of nitrogens with one attached hydrogen (secondary N) is 2. The van der Waals surface area contributed by atoms with Gasteiger partial charge in [0, 0.05) is 22.7 Å². The van der Waals surface area contributed by atoms with Crippen LogP contribution in [-0.4, -0.2) is 18.5 Å². The Morgan fingerprint density at radius 2 is 2.04 bits per heavy atom. The molecule has 2 aromatic rings. The number of hydrogen-bond donors (Lipinski definition) is 2. The molecule has 1 saturated carbocycles. The number of fused-ring (bicyclic) bond motifs is 3. The maximum atomic E-state index is 12.5. The molecule has 0 bridgehead atoms. The van der Waals surface area contributed by atoms with Crippen molar-refractivity contribution in [2.45, 2.75) is 51.1 Å². The molecular weight excluding hydrogens is 304 g/mol. The van der Waals surface area contributed by atoms with E-state index in [1.807, 2.05) is 11.3 Å². The van der Waals surface area contributed by atoms with Gasteiger partial charge in [0.15, 0.2) is 0 Å². The van der Waals surface area contributed by atoms with Crippen LogP contribution >= 0.6 is 11.3 Å². The van der Waals surface area contributed by atoms with Crippen molar-refractivity contribution in [2.75, 3.05) is 6.54 Å². The van der Waals surface area contributed by atoms with Gasteiger partial charge < -0.3 is 10.6 Å². The fourth-order valence-electron chi connectivity index (χ4n) is 3.95. The van der Waals surface area contributed by atoms with Crippen LogP contribution in [0.15, 0.2) is 24.3 Å². The van der Waals surface area contributed by atoms with E-state index < -0.39 is 0 Å². The van der Waals surface area contributed by atoms with Gasteiger partial charge in [-0.15, -0.1) is 11.3 Å². The first kappa shape index (κ1) is 15.2. The van der Waals surface area contributed by atoms with Crippen molar-refractivity contribution < 1.29 is 4.79 Å². The quantitative estimate of drug-likeness (QED) is 0.904. The van der Waals surface area contributed by atoms with E-state index in [2.05, 4.69) is 34.9 Å². The van der Waals surface area contributed by atoms with E-state index in [-0.39, 0.29) is 11.9 Å². The van der Waals surface area contributed by atoms with Gasteiger partial charge in [0.05, 0.1) is 6.04 Å². The summed E-state index contributed by atoms with van der Waals surface area (Å²) in [6.45, 7) is 1.67. The van der Waals surface area contributed by atoms with Gasteiger partial charge in [-0.25, -0.2) is 0 Å². The lowest BCUT2D eigenvalue weighted by Gasteiger charge is -2.26. The minimum atomic E-state index is -0.0795. The molecule has 4 rings (SSSR count). The van der Waals surface area contributed by atoms with Crippen molar-refractivity contribution in [3.05, 3.63) is 34.7 Å². The molecule has 122 valence electrons. The number of thiophene rings is 1. The first-order valence-corrected chi connectivity index (χ1v) is 9.63. The SMILES string of the molecule is O=C(NCC1CCCCC1)[C@H]1Cc2c(sc3ccccc23)CN1. The normalized spacial score (nSPS) is 22.0. The zero-order valence-electron chi connectivity index (χ0n) is 13.4. The lowest BCUT2D eigenvalue weighted by atomic mass is 9.89. The van der Waals surface area contributed by atoms with Crippen LogP contribution < -0.4 is 10.6 Å². The first-order chi connectivity index (χ1) is 11.3. The van der Waals surface area contributed by atoms with Crippen LogP contribution in [0.1, 0.15) is 42.5 Å². The molecule has 23 heavy (non-hydrogen) atoms. The molecule has 0 unspecified atom stereocenters. The topological polar surface area (TPSA) is 41.1 Å². The zero-order valence-corrected chi connectivity index (χ0v) is 14.3. The van der Waals surface area contributed by atoms with Gasteiger partial charge in [-0.3, -0.25) is 4.79 Å². The summed E-state index contributed by atoms with van der Waals surface area (Å²) in [5.41, 5.74) is 1.38. The van der Waals surface area contributed by atoms with Crippen LogP contribution in [0, 0.1) is 5.92 Å². The fraction of sp³-hybridized carbons (Fsp3) is 0.526. The molecule has 1 aliphatic carbocycles. The fourth-order valence-corrected chi connectivity index (χ4v) is 5.14. The smallest absolute Gasteiger partial charge is 0.237 e. The van der Waals surface area contributed by atoms with Gasteiger partial charge in [0.25, 0.3) is 0 Å². The molecule has 1 aromatic heterocycles. The van der Waals surface area contributed by atoms with Crippen LogP contribution in [0.5, 0.6) is 0 Å². The number of carbonyl (C=O) groups excluding carboxylic acids is 1. The van der Waals surface area contributed by atoms with Crippen molar-refractivity contribution in [1.82, 2.24) is 10.6 Å². The highest BCUT2D eigenvalue weighted by Gasteiger charge is 2.27. The Hall–Kier alpha value is -1.39. The van der Waals surface area contributed by atoms with Crippen LogP contribution in [0.4, 0.5) is 0 Å². The second-order valence-electron chi connectivity index (χ2n) is 6.89. The van der Waals surface area contributed by atoms with E-state index in [0.717, 1.165) is 19.5 Å². The minimum Gasteiger partial charge on any atom is -0.354 e. The Labute approximate surface area is 141 Å². The van der Waals surface area contributed by atoms with E-state index in [4.69, 9.17) is 0 Å². The third kappa shape index (κ3) is 3.15. The summed E-state index contributed by atoms with van der Waals surface area (Å²) < 4.78 is 1.34. The molecule has 0 spiro atoms. The molecule has 1 atom stereocenters. The third-order valence-electron chi connectivity index (χ3n) is 5.31. The summed E-state index contributed by atoms with van der Waals surface area (Å²) in [5.74, 6) is 0.866. The van der Waals surface area contributed by atoms with E-state index in [0.29, 0.717) is 5.92 Å². The molecule has 0 saturated heterocycles. The number of hydrogen-bond acceptors (Lipinski definition) is 3. The first-order valence-electron chi connectivity index (χ1n) is 8.81. The van der Waals surface area contributed by atoms with Gasteiger partial charge in [-0.2, -0.15) is 0 Å². The summed E-state index contributed by atoms with van der Waals surface area (Å²) in [7, 11) is 0. The summed E-state index contributed by atoms with van der Waals surface area (Å²) in [4.78, 5) is 13.9. The van der Waals surface area contributed by atoms with E-state index in [1.165, 1.54) is 52.6 Å². The lowest BCUT2D eigenvalue weighted by Crippen LogP contribution is -2.48. The highest BCUT2D eigenvalue weighted by molar-refractivity contribution is 7.19. The summed E-state index contributed by atoms with van der Waals surface area (Å²) in [6.07, 6.45) is 7.38. The van der Waals surface area contributed by atoms with Gasteiger partial charge in [0.1, 0.15) is 0 Å². The minimum absolute atomic E-state index is 0.0795. The van der Waals surface area contributed by atoms with Crippen LogP contribution in [-0.2, 0) is 17.8 Å². The summed E-state index contributed by atoms with van der Waals surface area (Å²) in [5, 5.41) is 7.95. The second-order valence-corrected chi connectivity index (χ2v) is 8.02. The van der Waals surface area contributed by atoms with Gasteiger partial charge in [0.2, 0.25) is 5.91 Å². The molecule has 1 fully saturated rings. The molecule has 1 aliphatic heterocycles. The van der Waals surface area contributed by atoms with E-state index in [1.54, 1.807) is 0 Å². The predicted octanol–water partition coefficient (Wildman–Crippen LogP) is 3.61. The number of carbonyl (C=O) groups is 1. The highest BCUT2D eigenvalue weighted by Crippen LogP contribution is 2.34. The van der Waals surface area contributed by atoms with E-state index >= 15 is 0 Å². The largest absolute Gasteiger partial charge is 0.354 e. The molecule has 1 amide bonds. The zero-order chi connectivity index (χ0) is 15.6. The monoisotopic (exact) mass is 328 g/mol. The van der Waals surface area contributed by atoms with Crippen molar-refractivity contribution in [2.24, 2.45) is 5.92 Å². The molecule has 2 aliphatic rings. The van der Waals surface area contributed by atoms with Crippen molar-refractivity contribution >= 4 is 27.3 Å². The van der Waals surface area contributed by atoms with Crippen molar-refractivity contribution in [3.63, 3.8) is 0 Å². The number of amides is 1. The van der Waals surface area contributed by atoms with Crippen molar-refractivity contribution in [3.8, 4) is 0 Å². The van der Waals surface area contributed by atoms with Gasteiger partial charge in [-0.05, 0) is 42.2 Å². The average Bonchev–Trinajstić information content (AvgIpc) is 2.98. The van der Waals surface area contributed by atoms with Gasteiger partial charge in [-0.1, -0.05) is 37.5 Å². The molecule has 4 heteroatoms. The molecule has 0 radical (unpaired) electrons. The lowest BCUT2D eigenvalue weighted by molar-refractivity contribution is -0.123. The molecule has 1 aromatic carbocycles. The Bertz CT molecular complexity index is 702. The van der Waals surface area contributed by atoms with Crippen LogP contribution in [0.2, 0.25) is 0 Å². The Morgan fingerprint density at radius 3 is 2.91 bits per heavy atom. The highest BCUT2D eigenvalue weighted by atomic mass is 32.1. The van der Waals surface area contributed by atoms with Gasteiger partial charge >= 0.3 is 0 Å². The summed E-state index contributed by atoms with van der Waals surface area (Å²) in [6, 6.07) is 8.47. The Kier molecular flexibility index (Phi) is 4.36. The molecule has 2 heterocycles. The summed E-state index contributed by atoms with van der Waals surface area (Å²) >= 11 is 1.86. The Balaban J connectivity index is 1.41. The number of rotatable bonds is 3. The maximum absolute atomic E-state index is 12.5. The second kappa shape index (κ2) is 6.62.